The Balaban J connectivity index is 2.00. The Morgan fingerprint density at radius 2 is 2.64 bits per heavy atom. The Morgan fingerprint density at radius 3 is 3.27 bits per heavy atom. The molecule has 0 aromatic rings. The van der Waals surface area contributed by atoms with E-state index >= 15 is 0 Å². The molecule has 1 aliphatic rings. The largest absolute Gasteiger partial charge is 0.468 e. The molecule has 0 amide bonds. The van der Waals surface area contributed by atoms with Crippen LogP contribution >= 0.6 is 0 Å². The highest BCUT2D eigenvalue weighted by Crippen LogP contribution is 2.00. The van der Waals surface area contributed by atoms with Gasteiger partial charge < -0.3 is 14.8 Å². The predicted octanol–water partition coefficient (Wildman–Crippen LogP) is -0.462. The maximum absolute atomic E-state index is 9.77. The Kier molecular flexibility index (Phi) is 3.93. The molecule has 1 saturated heterocycles. The third-order valence-corrected chi connectivity index (χ3v) is 1.63. The first kappa shape index (κ1) is 8.49. The SMILES string of the molecule is O=COCCC1CNCCO1. The predicted molar refractivity (Wildman–Crippen MR) is 39.2 cm³/mol. The van der Waals surface area contributed by atoms with E-state index in [9.17, 15) is 4.79 Å². The van der Waals surface area contributed by atoms with Crippen LogP contribution < -0.4 is 5.32 Å². The molecule has 0 aliphatic carbocycles. The Labute approximate surface area is 65.9 Å². The number of carbonyl (C=O) groups is 1. The Morgan fingerprint density at radius 1 is 1.73 bits per heavy atom. The van der Waals surface area contributed by atoms with Crippen LogP contribution in [0.25, 0.3) is 0 Å². The zero-order valence-corrected chi connectivity index (χ0v) is 6.41. The molecule has 1 rings (SSSR count). The minimum Gasteiger partial charge on any atom is -0.468 e. The van der Waals surface area contributed by atoms with Crippen molar-refractivity contribution in [2.75, 3.05) is 26.3 Å². The van der Waals surface area contributed by atoms with E-state index in [2.05, 4.69) is 10.1 Å². The maximum Gasteiger partial charge on any atom is 0.293 e. The molecule has 1 aliphatic heterocycles. The average Bonchev–Trinajstić information content (AvgIpc) is 2.07. The summed E-state index contributed by atoms with van der Waals surface area (Å²) in [5, 5.41) is 3.19. The lowest BCUT2D eigenvalue weighted by molar-refractivity contribution is -0.129. The van der Waals surface area contributed by atoms with Gasteiger partial charge in [-0.2, -0.15) is 0 Å². The van der Waals surface area contributed by atoms with Crippen LogP contribution in [0.1, 0.15) is 6.42 Å². The molecule has 0 saturated carbocycles. The quantitative estimate of drug-likeness (QED) is 0.445. The summed E-state index contributed by atoms with van der Waals surface area (Å²) in [6.07, 6.45) is 0.995. The van der Waals surface area contributed by atoms with Crippen LogP contribution in [0.2, 0.25) is 0 Å². The standard InChI is InChI=1S/C7H13NO3/c9-6-10-3-1-7-5-8-2-4-11-7/h6-8H,1-5H2. The zero-order valence-electron chi connectivity index (χ0n) is 6.41. The van der Waals surface area contributed by atoms with Crippen molar-refractivity contribution >= 4 is 6.47 Å². The molecule has 1 fully saturated rings. The third kappa shape index (κ3) is 3.34. The van der Waals surface area contributed by atoms with Gasteiger partial charge in [-0.05, 0) is 0 Å². The van der Waals surface area contributed by atoms with Gasteiger partial charge in [0.2, 0.25) is 0 Å². The van der Waals surface area contributed by atoms with Gasteiger partial charge in [-0.25, -0.2) is 0 Å². The molecule has 0 aromatic carbocycles. The number of hydrogen-bond acceptors (Lipinski definition) is 4. The minimum atomic E-state index is 0.212. The third-order valence-electron chi connectivity index (χ3n) is 1.63. The van der Waals surface area contributed by atoms with Crippen molar-refractivity contribution in [2.24, 2.45) is 0 Å². The average molecular weight is 159 g/mol. The van der Waals surface area contributed by atoms with Crippen LogP contribution in [0.5, 0.6) is 0 Å². The van der Waals surface area contributed by atoms with Crippen LogP contribution in [-0.4, -0.2) is 38.9 Å². The molecule has 4 nitrogen and oxygen atoms in total. The van der Waals surface area contributed by atoms with Crippen LogP contribution in [0.3, 0.4) is 0 Å². The fourth-order valence-corrected chi connectivity index (χ4v) is 1.05. The molecule has 1 unspecified atom stereocenters. The van der Waals surface area contributed by atoms with Crippen molar-refractivity contribution in [3.05, 3.63) is 0 Å². The lowest BCUT2D eigenvalue weighted by Gasteiger charge is -2.22. The number of morpholine rings is 1. The summed E-state index contributed by atoms with van der Waals surface area (Å²) in [5.41, 5.74) is 0. The molecule has 4 heteroatoms. The van der Waals surface area contributed by atoms with Crippen LogP contribution in [0.15, 0.2) is 0 Å². The van der Waals surface area contributed by atoms with Gasteiger partial charge in [0, 0.05) is 19.5 Å². The summed E-state index contributed by atoms with van der Waals surface area (Å²) in [5.74, 6) is 0. The first-order valence-corrected chi connectivity index (χ1v) is 3.81. The fraction of sp³-hybridized carbons (Fsp3) is 0.857. The first-order chi connectivity index (χ1) is 5.43. The van der Waals surface area contributed by atoms with Crippen LogP contribution in [0, 0.1) is 0 Å². The van der Waals surface area contributed by atoms with Gasteiger partial charge in [0.1, 0.15) is 0 Å². The van der Waals surface area contributed by atoms with Gasteiger partial charge >= 0.3 is 0 Å². The van der Waals surface area contributed by atoms with E-state index in [4.69, 9.17) is 4.74 Å². The van der Waals surface area contributed by atoms with Crippen molar-refractivity contribution in [3.8, 4) is 0 Å². The molecule has 1 atom stereocenters. The van der Waals surface area contributed by atoms with Crippen molar-refractivity contribution in [1.29, 1.82) is 0 Å². The summed E-state index contributed by atoms with van der Waals surface area (Å²) in [6, 6.07) is 0. The number of carbonyl (C=O) groups excluding carboxylic acids is 1. The summed E-state index contributed by atoms with van der Waals surface area (Å²) < 4.78 is 9.91. The highest BCUT2D eigenvalue weighted by molar-refractivity contribution is 5.36. The molecule has 0 radical (unpaired) electrons. The number of ether oxygens (including phenoxy) is 2. The topological polar surface area (TPSA) is 47.6 Å². The van der Waals surface area contributed by atoms with Gasteiger partial charge in [0.05, 0.1) is 19.3 Å². The first-order valence-electron chi connectivity index (χ1n) is 3.81. The molecule has 0 bridgehead atoms. The number of rotatable bonds is 4. The van der Waals surface area contributed by atoms with Crippen molar-refractivity contribution < 1.29 is 14.3 Å². The van der Waals surface area contributed by atoms with E-state index in [0.717, 1.165) is 26.1 Å². The van der Waals surface area contributed by atoms with Gasteiger partial charge in [-0.1, -0.05) is 0 Å². The summed E-state index contributed by atoms with van der Waals surface area (Å²) in [7, 11) is 0. The van der Waals surface area contributed by atoms with Crippen LogP contribution in [-0.2, 0) is 14.3 Å². The van der Waals surface area contributed by atoms with Crippen molar-refractivity contribution in [3.63, 3.8) is 0 Å². The second-order valence-corrected chi connectivity index (χ2v) is 2.45. The van der Waals surface area contributed by atoms with Gasteiger partial charge in [0.15, 0.2) is 0 Å². The zero-order chi connectivity index (χ0) is 7.94. The second kappa shape index (κ2) is 5.09. The van der Waals surface area contributed by atoms with E-state index < -0.39 is 0 Å². The molecular formula is C7H13NO3. The fourth-order valence-electron chi connectivity index (χ4n) is 1.05. The maximum atomic E-state index is 9.77. The second-order valence-electron chi connectivity index (χ2n) is 2.45. The summed E-state index contributed by atoms with van der Waals surface area (Å²) in [4.78, 5) is 9.77. The molecule has 1 heterocycles. The van der Waals surface area contributed by atoms with E-state index in [0.29, 0.717) is 13.1 Å². The van der Waals surface area contributed by atoms with Crippen molar-refractivity contribution in [2.45, 2.75) is 12.5 Å². The van der Waals surface area contributed by atoms with Crippen molar-refractivity contribution in [1.82, 2.24) is 5.32 Å². The summed E-state index contributed by atoms with van der Waals surface area (Å²) >= 11 is 0. The Bertz CT molecular complexity index is 112. The monoisotopic (exact) mass is 159 g/mol. The van der Waals surface area contributed by atoms with E-state index in [1.54, 1.807) is 0 Å². The van der Waals surface area contributed by atoms with E-state index in [-0.39, 0.29) is 6.10 Å². The molecule has 0 aromatic heterocycles. The smallest absolute Gasteiger partial charge is 0.293 e. The van der Waals surface area contributed by atoms with Crippen LogP contribution in [0.4, 0.5) is 0 Å². The molecule has 11 heavy (non-hydrogen) atoms. The molecule has 0 spiro atoms. The van der Waals surface area contributed by atoms with Gasteiger partial charge in [0.25, 0.3) is 6.47 Å². The lowest BCUT2D eigenvalue weighted by atomic mass is 10.2. The lowest BCUT2D eigenvalue weighted by Crippen LogP contribution is -2.38. The minimum absolute atomic E-state index is 0.212. The highest BCUT2D eigenvalue weighted by Gasteiger charge is 2.12. The highest BCUT2D eigenvalue weighted by atomic mass is 16.5. The molecule has 1 N–H and O–H groups in total. The van der Waals surface area contributed by atoms with E-state index in [1.165, 1.54) is 0 Å². The van der Waals surface area contributed by atoms with Gasteiger partial charge in [-0.15, -0.1) is 0 Å². The van der Waals surface area contributed by atoms with Gasteiger partial charge in [-0.3, -0.25) is 4.79 Å². The number of hydrogen-bond donors (Lipinski definition) is 1. The van der Waals surface area contributed by atoms with E-state index in [1.807, 2.05) is 0 Å². The molecular weight excluding hydrogens is 146 g/mol. The Hall–Kier alpha value is -0.610. The summed E-state index contributed by atoms with van der Waals surface area (Å²) in [6.45, 7) is 3.46. The number of nitrogens with one attached hydrogen (secondary N) is 1. The molecule has 64 valence electrons. The normalized spacial score (nSPS) is 24.5.